The highest BCUT2D eigenvalue weighted by Crippen LogP contribution is 2.37. The molecule has 2 aliphatic rings. The number of carbonyl (C=O) groups excluding carboxylic acids is 1. The van der Waals surface area contributed by atoms with Crippen LogP contribution in [0.15, 0.2) is 53.6 Å². The maximum atomic E-state index is 13.4. The zero-order chi connectivity index (χ0) is 22.0. The van der Waals surface area contributed by atoms with Crippen LogP contribution in [0.1, 0.15) is 61.3 Å². The van der Waals surface area contributed by atoms with Crippen LogP contribution in [-0.2, 0) is 14.8 Å². The summed E-state index contributed by atoms with van der Waals surface area (Å²) in [5.41, 5.74) is 4.54. The third-order valence-corrected chi connectivity index (χ3v) is 6.77. The average Bonchev–Trinajstić information content (AvgIpc) is 3.19. The maximum Gasteiger partial charge on any atom is 0.246 e. The van der Waals surface area contributed by atoms with Gasteiger partial charge in [-0.2, -0.15) is 5.10 Å². The third-order valence-electron chi connectivity index (χ3n) is 6.16. The van der Waals surface area contributed by atoms with Crippen molar-refractivity contribution in [2.75, 3.05) is 11.0 Å². The van der Waals surface area contributed by atoms with E-state index in [1.165, 1.54) is 6.42 Å². The van der Waals surface area contributed by atoms with E-state index >= 15 is 0 Å². The lowest BCUT2D eigenvalue weighted by molar-refractivity contribution is -0.138. The van der Waals surface area contributed by atoms with Crippen LogP contribution in [0.2, 0.25) is 0 Å². The number of hydrazone groups is 1. The molecule has 164 valence electrons. The van der Waals surface area contributed by atoms with Crippen molar-refractivity contribution < 1.29 is 13.2 Å². The van der Waals surface area contributed by atoms with Gasteiger partial charge in [0.25, 0.3) is 0 Å². The minimum atomic E-state index is -3.32. The van der Waals surface area contributed by atoms with Gasteiger partial charge >= 0.3 is 0 Å². The first kappa shape index (κ1) is 21.6. The molecule has 2 aromatic rings. The molecule has 1 heterocycles. The van der Waals surface area contributed by atoms with E-state index in [9.17, 15) is 13.2 Å². The number of nitrogens with zero attached hydrogens (tertiary/aromatic N) is 2. The van der Waals surface area contributed by atoms with E-state index in [0.29, 0.717) is 12.1 Å². The lowest BCUT2D eigenvalue weighted by atomic mass is 9.87. The number of carbonyl (C=O) groups is 1. The number of aryl methyl sites for hydroxylation is 1. The lowest BCUT2D eigenvalue weighted by Gasteiger charge is -2.29. The second-order valence-corrected chi connectivity index (χ2v) is 10.3. The first-order valence-electron chi connectivity index (χ1n) is 10.9. The van der Waals surface area contributed by atoms with E-state index in [2.05, 4.69) is 23.8 Å². The third kappa shape index (κ3) is 4.98. The summed E-state index contributed by atoms with van der Waals surface area (Å²) < 4.78 is 25.4. The Morgan fingerprint density at radius 2 is 1.71 bits per heavy atom. The SMILES string of the molecule is Cc1ccccc1C1CC(c2ccc(NS(C)(=O)=O)cc2)=NN1C(=O)C1CCCCC1. The second kappa shape index (κ2) is 8.83. The van der Waals surface area contributed by atoms with E-state index in [-0.39, 0.29) is 17.9 Å². The van der Waals surface area contributed by atoms with Crippen molar-refractivity contribution in [3.05, 3.63) is 65.2 Å². The number of benzene rings is 2. The molecular weight excluding hydrogens is 410 g/mol. The van der Waals surface area contributed by atoms with Crippen molar-refractivity contribution in [1.29, 1.82) is 0 Å². The van der Waals surface area contributed by atoms with Crippen LogP contribution in [0, 0.1) is 12.8 Å². The Morgan fingerprint density at radius 3 is 2.35 bits per heavy atom. The second-order valence-electron chi connectivity index (χ2n) is 8.59. The van der Waals surface area contributed by atoms with Crippen molar-refractivity contribution >= 4 is 27.3 Å². The molecule has 1 fully saturated rings. The van der Waals surface area contributed by atoms with Gasteiger partial charge in [0.05, 0.1) is 18.0 Å². The summed E-state index contributed by atoms with van der Waals surface area (Å²) in [5.74, 6) is 0.169. The fourth-order valence-corrected chi connectivity index (χ4v) is 5.14. The molecular formula is C24H29N3O3S. The molecule has 0 aromatic heterocycles. The number of amides is 1. The quantitative estimate of drug-likeness (QED) is 0.738. The molecule has 1 unspecified atom stereocenters. The number of nitrogens with one attached hydrogen (secondary N) is 1. The Morgan fingerprint density at radius 1 is 1.03 bits per heavy atom. The summed E-state index contributed by atoms with van der Waals surface area (Å²) >= 11 is 0. The van der Waals surface area contributed by atoms with Crippen molar-refractivity contribution in [2.24, 2.45) is 11.0 Å². The topological polar surface area (TPSA) is 78.8 Å². The van der Waals surface area contributed by atoms with Crippen LogP contribution < -0.4 is 4.72 Å². The Kier molecular flexibility index (Phi) is 6.14. The highest BCUT2D eigenvalue weighted by Gasteiger charge is 2.37. The van der Waals surface area contributed by atoms with Gasteiger partial charge < -0.3 is 0 Å². The zero-order valence-corrected chi connectivity index (χ0v) is 18.9. The molecule has 1 aliphatic carbocycles. The van der Waals surface area contributed by atoms with Crippen LogP contribution in [0.5, 0.6) is 0 Å². The van der Waals surface area contributed by atoms with Gasteiger partial charge in [0.1, 0.15) is 0 Å². The van der Waals surface area contributed by atoms with E-state index in [0.717, 1.165) is 54.3 Å². The van der Waals surface area contributed by atoms with Gasteiger partial charge in [-0.25, -0.2) is 13.4 Å². The maximum absolute atomic E-state index is 13.4. The summed E-state index contributed by atoms with van der Waals surface area (Å²) in [6.45, 7) is 2.07. The molecule has 4 rings (SSSR count). The summed E-state index contributed by atoms with van der Waals surface area (Å²) in [4.78, 5) is 13.4. The average molecular weight is 440 g/mol. The first-order chi connectivity index (χ1) is 14.8. The fourth-order valence-electron chi connectivity index (χ4n) is 4.57. The molecule has 0 saturated heterocycles. The normalized spacial score (nSPS) is 19.9. The van der Waals surface area contributed by atoms with Gasteiger partial charge in [-0.1, -0.05) is 55.7 Å². The van der Waals surface area contributed by atoms with Gasteiger partial charge in [-0.05, 0) is 48.6 Å². The summed E-state index contributed by atoms with van der Waals surface area (Å²) in [5, 5.41) is 6.52. The fraction of sp³-hybridized carbons (Fsp3) is 0.417. The minimum absolute atomic E-state index is 0.0460. The molecule has 1 saturated carbocycles. The van der Waals surface area contributed by atoms with Gasteiger partial charge in [0, 0.05) is 18.0 Å². The Bertz CT molecular complexity index is 1090. The number of rotatable bonds is 5. The molecule has 31 heavy (non-hydrogen) atoms. The molecule has 6 nitrogen and oxygen atoms in total. The first-order valence-corrected chi connectivity index (χ1v) is 12.8. The van der Waals surface area contributed by atoms with Crippen LogP contribution >= 0.6 is 0 Å². The van der Waals surface area contributed by atoms with E-state index in [1.807, 2.05) is 24.3 Å². The van der Waals surface area contributed by atoms with Crippen molar-refractivity contribution in [3.8, 4) is 0 Å². The zero-order valence-electron chi connectivity index (χ0n) is 18.0. The number of hydrogen-bond acceptors (Lipinski definition) is 4. The monoisotopic (exact) mass is 439 g/mol. The van der Waals surface area contributed by atoms with Crippen molar-refractivity contribution in [3.63, 3.8) is 0 Å². The van der Waals surface area contributed by atoms with Gasteiger partial charge in [-0.15, -0.1) is 0 Å². The smallest absolute Gasteiger partial charge is 0.246 e. The van der Waals surface area contributed by atoms with Crippen molar-refractivity contribution in [1.82, 2.24) is 5.01 Å². The van der Waals surface area contributed by atoms with Crippen molar-refractivity contribution in [2.45, 2.75) is 51.5 Å². The predicted molar refractivity (Wildman–Crippen MR) is 123 cm³/mol. The minimum Gasteiger partial charge on any atom is -0.284 e. The van der Waals surface area contributed by atoms with Gasteiger partial charge in [0.15, 0.2) is 0 Å². The molecule has 0 radical (unpaired) electrons. The van der Waals surface area contributed by atoms with Crippen LogP contribution in [-0.4, -0.2) is 31.3 Å². The lowest BCUT2D eigenvalue weighted by Crippen LogP contribution is -2.34. The standard InChI is InChI=1S/C24H29N3O3S/c1-17-8-6-7-11-21(17)23-16-22(18-12-14-20(15-13-18)26-31(2,29)30)25-27(23)24(28)19-9-4-3-5-10-19/h6-8,11-15,19,23,26H,3-5,9-10,16H2,1-2H3. The molecule has 1 amide bonds. The Balaban J connectivity index is 1.64. The number of hydrogen-bond donors (Lipinski definition) is 1. The highest BCUT2D eigenvalue weighted by molar-refractivity contribution is 7.92. The van der Waals surface area contributed by atoms with Gasteiger partial charge in [-0.3, -0.25) is 9.52 Å². The van der Waals surface area contributed by atoms with E-state index in [4.69, 9.17) is 5.10 Å². The largest absolute Gasteiger partial charge is 0.284 e. The molecule has 1 aliphatic heterocycles. The summed E-state index contributed by atoms with van der Waals surface area (Å²) in [7, 11) is -3.32. The number of anilines is 1. The Labute approximate surface area is 184 Å². The molecule has 2 aromatic carbocycles. The Hall–Kier alpha value is -2.67. The van der Waals surface area contributed by atoms with E-state index < -0.39 is 10.0 Å². The molecule has 7 heteroatoms. The van der Waals surface area contributed by atoms with Crippen LogP contribution in [0.4, 0.5) is 5.69 Å². The summed E-state index contributed by atoms with van der Waals surface area (Å²) in [6.07, 6.45) is 7.05. The highest BCUT2D eigenvalue weighted by atomic mass is 32.2. The van der Waals surface area contributed by atoms with Crippen LogP contribution in [0.3, 0.4) is 0 Å². The van der Waals surface area contributed by atoms with Crippen LogP contribution in [0.25, 0.3) is 0 Å². The van der Waals surface area contributed by atoms with E-state index in [1.54, 1.807) is 17.1 Å². The molecule has 1 N–H and O–H groups in total. The number of sulfonamides is 1. The van der Waals surface area contributed by atoms with Gasteiger partial charge in [0.2, 0.25) is 15.9 Å². The molecule has 1 atom stereocenters. The molecule has 0 spiro atoms. The molecule has 0 bridgehead atoms. The summed E-state index contributed by atoms with van der Waals surface area (Å²) in [6, 6.07) is 15.2. The predicted octanol–water partition coefficient (Wildman–Crippen LogP) is 4.62.